The van der Waals surface area contributed by atoms with Crippen LogP contribution in [-0.4, -0.2) is 29.4 Å². The second kappa shape index (κ2) is 7.69. The summed E-state index contributed by atoms with van der Waals surface area (Å²) in [5, 5.41) is 11.9. The quantitative estimate of drug-likeness (QED) is 0.585. The van der Waals surface area contributed by atoms with Crippen molar-refractivity contribution in [2.45, 2.75) is 39.2 Å². The number of benzene rings is 1. The first-order chi connectivity index (χ1) is 9.00. The Bertz CT molecular complexity index is 441. The van der Waals surface area contributed by atoms with Gasteiger partial charge >= 0.3 is 0 Å². The van der Waals surface area contributed by atoms with Crippen molar-refractivity contribution in [3.05, 3.63) is 35.4 Å². The second-order valence-electron chi connectivity index (χ2n) is 4.74. The third-order valence-corrected chi connectivity index (χ3v) is 2.87. The molecular formula is C15H21NO3. The highest BCUT2D eigenvalue weighted by Gasteiger charge is 2.07. The minimum atomic E-state index is -0.289. The van der Waals surface area contributed by atoms with Crippen LogP contribution in [0.15, 0.2) is 24.3 Å². The molecule has 0 saturated heterocycles. The molecule has 0 spiro atoms. The minimum Gasteiger partial charge on any atom is -0.393 e. The lowest BCUT2D eigenvalue weighted by atomic mass is 10.1. The summed E-state index contributed by atoms with van der Waals surface area (Å²) in [6.45, 7) is 3.81. The van der Waals surface area contributed by atoms with Gasteiger partial charge < -0.3 is 10.4 Å². The zero-order valence-corrected chi connectivity index (χ0v) is 11.5. The Morgan fingerprint density at radius 1 is 1.26 bits per heavy atom. The number of amides is 1. The van der Waals surface area contributed by atoms with Gasteiger partial charge in [-0.1, -0.05) is 12.1 Å². The van der Waals surface area contributed by atoms with E-state index in [0.717, 1.165) is 19.3 Å². The topological polar surface area (TPSA) is 66.4 Å². The first-order valence-corrected chi connectivity index (χ1v) is 6.58. The number of ketones is 1. The highest BCUT2D eigenvalue weighted by Crippen LogP contribution is 2.06. The maximum absolute atomic E-state index is 11.8. The number of rotatable bonds is 7. The number of carbonyl (C=O) groups is 2. The average molecular weight is 263 g/mol. The number of hydrogen-bond acceptors (Lipinski definition) is 3. The molecule has 0 aromatic heterocycles. The maximum Gasteiger partial charge on any atom is 0.251 e. The first kappa shape index (κ1) is 15.4. The van der Waals surface area contributed by atoms with E-state index >= 15 is 0 Å². The highest BCUT2D eigenvalue weighted by atomic mass is 16.3. The van der Waals surface area contributed by atoms with Crippen LogP contribution in [-0.2, 0) is 0 Å². The maximum atomic E-state index is 11.8. The van der Waals surface area contributed by atoms with Gasteiger partial charge in [0.15, 0.2) is 5.78 Å². The van der Waals surface area contributed by atoms with Gasteiger partial charge in [-0.05, 0) is 45.2 Å². The van der Waals surface area contributed by atoms with Crippen molar-refractivity contribution in [1.82, 2.24) is 5.32 Å². The number of Topliss-reactive ketones (excluding diaryl/α,β-unsaturated/α-hetero) is 1. The zero-order valence-electron chi connectivity index (χ0n) is 11.5. The second-order valence-corrected chi connectivity index (χ2v) is 4.74. The van der Waals surface area contributed by atoms with E-state index in [-0.39, 0.29) is 17.8 Å². The Labute approximate surface area is 113 Å². The molecule has 1 rings (SSSR count). The van der Waals surface area contributed by atoms with Crippen LogP contribution in [0, 0.1) is 0 Å². The molecule has 0 saturated carbocycles. The van der Waals surface area contributed by atoms with Crippen LogP contribution in [0.3, 0.4) is 0 Å². The Balaban J connectivity index is 2.41. The summed E-state index contributed by atoms with van der Waals surface area (Å²) in [5.74, 6) is -0.216. The predicted octanol–water partition coefficient (Wildman–Crippen LogP) is 2.17. The molecule has 104 valence electrons. The number of nitrogens with one attached hydrogen (secondary N) is 1. The first-order valence-electron chi connectivity index (χ1n) is 6.58. The van der Waals surface area contributed by atoms with E-state index in [4.69, 9.17) is 5.11 Å². The molecule has 1 amide bonds. The monoisotopic (exact) mass is 263 g/mol. The number of carbonyl (C=O) groups excluding carboxylic acids is 2. The Kier molecular flexibility index (Phi) is 6.22. The smallest absolute Gasteiger partial charge is 0.251 e. The van der Waals surface area contributed by atoms with E-state index in [1.807, 2.05) is 0 Å². The summed E-state index contributed by atoms with van der Waals surface area (Å²) in [5.41, 5.74) is 1.05. The summed E-state index contributed by atoms with van der Waals surface area (Å²) in [4.78, 5) is 23.1. The average Bonchev–Trinajstić information content (AvgIpc) is 2.37. The van der Waals surface area contributed by atoms with Crippen LogP contribution in [0.4, 0.5) is 0 Å². The molecule has 0 bridgehead atoms. The number of aliphatic hydroxyl groups is 1. The van der Waals surface area contributed by atoms with Crippen molar-refractivity contribution in [1.29, 1.82) is 0 Å². The molecule has 1 aromatic carbocycles. The summed E-state index contributed by atoms with van der Waals surface area (Å²) >= 11 is 0. The van der Waals surface area contributed by atoms with Gasteiger partial charge in [0.25, 0.3) is 5.91 Å². The molecular weight excluding hydrogens is 242 g/mol. The van der Waals surface area contributed by atoms with Crippen LogP contribution >= 0.6 is 0 Å². The standard InChI is InChI=1S/C15H21NO3/c1-11(17)6-3-4-9-16-15(19)14-8-5-7-13(10-14)12(2)18/h5,7-8,10-11,17H,3-4,6,9H2,1-2H3,(H,16,19). The van der Waals surface area contributed by atoms with E-state index in [9.17, 15) is 9.59 Å². The highest BCUT2D eigenvalue weighted by molar-refractivity contribution is 5.99. The summed E-state index contributed by atoms with van der Waals surface area (Å²) in [6, 6.07) is 6.70. The molecule has 1 unspecified atom stereocenters. The molecule has 4 heteroatoms. The molecule has 1 atom stereocenters. The van der Waals surface area contributed by atoms with Crippen LogP contribution < -0.4 is 5.32 Å². The molecule has 19 heavy (non-hydrogen) atoms. The fourth-order valence-corrected chi connectivity index (χ4v) is 1.75. The summed E-state index contributed by atoms with van der Waals surface area (Å²) in [7, 11) is 0. The lowest BCUT2D eigenvalue weighted by molar-refractivity contribution is 0.0952. The van der Waals surface area contributed by atoms with Gasteiger partial charge in [-0.15, -0.1) is 0 Å². The predicted molar refractivity (Wildman–Crippen MR) is 74.3 cm³/mol. The molecule has 2 N–H and O–H groups in total. The van der Waals surface area contributed by atoms with Crippen molar-refractivity contribution in [3.8, 4) is 0 Å². The number of unbranched alkanes of at least 4 members (excludes halogenated alkanes) is 1. The van der Waals surface area contributed by atoms with Crippen LogP contribution in [0.2, 0.25) is 0 Å². The van der Waals surface area contributed by atoms with Crippen molar-refractivity contribution >= 4 is 11.7 Å². The van der Waals surface area contributed by atoms with E-state index in [2.05, 4.69) is 5.32 Å². The molecule has 0 radical (unpaired) electrons. The molecule has 0 aliphatic heterocycles. The van der Waals surface area contributed by atoms with Gasteiger partial charge in [-0.3, -0.25) is 9.59 Å². The fraction of sp³-hybridized carbons (Fsp3) is 0.467. The van der Waals surface area contributed by atoms with Crippen LogP contribution in [0.25, 0.3) is 0 Å². The molecule has 0 heterocycles. The Morgan fingerprint density at radius 3 is 2.58 bits per heavy atom. The van der Waals surface area contributed by atoms with Crippen molar-refractivity contribution in [3.63, 3.8) is 0 Å². The van der Waals surface area contributed by atoms with Gasteiger partial charge in [0.05, 0.1) is 6.10 Å². The molecule has 1 aromatic rings. The third-order valence-electron chi connectivity index (χ3n) is 2.87. The minimum absolute atomic E-state index is 0.0495. The van der Waals surface area contributed by atoms with Crippen molar-refractivity contribution in [2.24, 2.45) is 0 Å². The lowest BCUT2D eigenvalue weighted by Crippen LogP contribution is -2.24. The molecule has 0 aliphatic rings. The number of aliphatic hydroxyl groups excluding tert-OH is 1. The van der Waals surface area contributed by atoms with E-state index in [1.165, 1.54) is 6.92 Å². The van der Waals surface area contributed by atoms with Crippen LogP contribution in [0.5, 0.6) is 0 Å². The Hall–Kier alpha value is -1.68. The van der Waals surface area contributed by atoms with Crippen molar-refractivity contribution in [2.75, 3.05) is 6.54 Å². The van der Waals surface area contributed by atoms with Gasteiger partial charge in [-0.25, -0.2) is 0 Å². The van der Waals surface area contributed by atoms with E-state index in [1.54, 1.807) is 31.2 Å². The van der Waals surface area contributed by atoms with Gasteiger partial charge in [-0.2, -0.15) is 0 Å². The van der Waals surface area contributed by atoms with Gasteiger partial charge in [0, 0.05) is 17.7 Å². The molecule has 4 nitrogen and oxygen atoms in total. The van der Waals surface area contributed by atoms with Gasteiger partial charge in [0.1, 0.15) is 0 Å². The SMILES string of the molecule is CC(=O)c1cccc(C(=O)NCCCCC(C)O)c1. The van der Waals surface area contributed by atoms with Crippen molar-refractivity contribution < 1.29 is 14.7 Å². The normalized spacial score (nSPS) is 11.9. The molecule has 0 fully saturated rings. The summed E-state index contributed by atoms with van der Waals surface area (Å²) in [6.07, 6.45) is 2.17. The van der Waals surface area contributed by atoms with Gasteiger partial charge in [0.2, 0.25) is 0 Å². The fourth-order valence-electron chi connectivity index (χ4n) is 1.75. The summed E-state index contributed by atoms with van der Waals surface area (Å²) < 4.78 is 0. The lowest BCUT2D eigenvalue weighted by Gasteiger charge is -2.07. The zero-order chi connectivity index (χ0) is 14.3. The largest absolute Gasteiger partial charge is 0.393 e. The molecule has 0 aliphatic carbocycles. The number of hydrogen-bond donors (Lipinski definition) is 2. The van der Waals surface area contributed by atoms with Crippen LogP contribution in [0.1, 0.15) is 53.8 Å². The van der Waals surface area contributed by atoms with E-state index < -0.39 is 0 Å². The van der Waals surface area contributed by atoms with E-state index in [0.29, 0.717) is 17.7 Å². The Morgan fingerprint density at radius 2 is 1.95 bits per heavy atom. The third kappa shape index (κ3) is 5.66.